The summed E-state index contributed by atoms with van der Waals surface area (Å²) in [5.41, 5.74) is 6.74. The van der Waals surface area contributed by atoms with Crippen molar-refractivity contribution in [2.24, 2.45) is 0 Å². The highest BCUT2D eigenvalue weighted by molar-refractivity contribution is 6.30. The summed E-state index contributed by atoms with van der Waals surface area (Å²) >= 11 is 6.20. The van der Waals surface area contributed by atoms with Crippen LogP contribution in [0.15, 0.2) is 36.4 Å². The monoisotopic (exact) mass is 301 g/mol. The molecule has 0 aliphatic heterocycles. The lowest BCUT2D eigenvalue weighted by molar-refractivity contribution is 0.545. The first kappa shape index (κ1) is 16.1. The zero-order chi connectivity index (χ0) is 15.4. The summed E-state index contributed by atoms with van der Waals surface area (Å²) in [6.45, 7) is 9.63. The van der Waals surface area contributed by atoms with E-state index in [-0.39, 0.29) is 0 Å². The Labute approximate surface area is 133 Å². The number of halogens is 1. The molecule has 0 spiro atoms. The zero-order valence-corrected chi connectivity index (χ0v) is 14.1. The van der Waals surface area contributed by atoms with Crippen molar-refractivity contribution in [2.45, 2.75) is 40.2 Å². The van der Waals surface area contributed by atoms with E-state index in [1.807, 2.05) is 6.07 Å². The first-order valence-corrected chi connectivity index (χ1v) is 7.95. The third-order valence-electron chi connectivity index (χ3n) is 4.12. The average Bonchev–Trinajstić information content (AvgIpc) is 2.44. The van der Waals surface area contributed by atoms with E-state index in [0.717, 1.165) is 18.0 Å². The molecule has 1 atom stereocenters. The molecule has 21 heavy (non-hydrogen) atoms. The first-order chi connectivity index (χ1) is 10.0. The molecule has 2 aromatic carbocycles. The molecule has 0 saturated heterocycles. The summed E-state index contributed by atoms with van der Waals surface area (Å²) < 4.78 is 0. The van der Waals surface area contributed by atoms with Crippen LogP contribution in [0.4, 0.5) is 0 Å². The number of hydrogen-bond acceptors (Lipinski definition) is 1. The van der Waals surface area contributed by atoms with Crippen molar-refractivity contribution in [3.8, 4) is 0 Å². The minimum absolute atomic E-state index is 0.300. The van der Waals surface area contributed by atoms with E-state index in [0.29, 0.717) is 6.04 Å². The molecule has 0 fully saturated rings. The smallest absolute Gasteiger partial charge is 0.0409 e. The van der Waals surface area contributed by atoms with E-state index in [1.54, 1.807) is 0 Å². The van der Waals surface area contributed by atoms with Crippen LogP contribution in [-0.4, -0.2) is 6.54 Å². The Balaban J connectivity index is 2.38. The van der Waals surface area contributed by atoms with E-state index in [1.165, 1.54) is 27.8 Å². The molecule has 1 unspecified atom stereocenters. The van der Waals surface area contributed by atoms with Gasteiger partial charge in [0, 0.05) is 11.1 Å². The van der Waals surface area contributed by atoms with Gasteiger partial charge in [-0.25, -0.2) is 0 Å². The van der Waals surface area contributed by atoms with Gasteiger partial charge in [0.15, 0.2) is 0 Å². The van der Waals surface area contributed by atoms with Gasteiger partial charge in [0.25, 0.3) is 0 Å². The molecule has 0 heterocycles. The number of hydrogen-bond donors (Lipinski definition) is 1. The molecule has 1 nitrogen and oxygen atoms in total. The number of rotatable bonds is 5. The third-order valence-corrected chi connectivity index (χ3v) is 4.36. The quantitative estimate of drug-likeness (QED) is 0.804. The molecule has 1 N–H and O–H groups in total. The van der Waals surface area contributed by atoms with Gasteiger partial charge in [0.1, 0.15) is 0 Å². The van der Waals surface area contributed by atoms with E-state index in [4.69, 9.17) is 11.6 Å². The minimum Gasteiger partial charge on any atom is -0.310 e. The molecular formula is C19H24ClN. The van der Waals surface area contributed by atoms with Gasteiger partial charge < -0.3 is 5.32 Å². The number of aryl methyl sites for hydroxylation is 3. The molecule has 2 heteroatoms. The Morgan fingerprint density at radius 1 is 1.00 bits per heavy atom. The van der Waals surface area contributed by atoms with Crippen molar-refractivity contribution in [2.75, 3.05) is 6.54 Å². The molecule has 0 radical (unpaired) electrons. The zero-order valence-electron chi connectivity index (χ0n) is 13.3. The highest BCUT2D eigenvalue weighted by atomic mass is 35.5. The van der Waals surface area contributed by atoms with Gasteiger partial charge in [-0.3, -0.25) is 0 Å². The number of nitrogens with one attached hydrogen (secondary N) is 1. The fourth-order valence-electron chi connectivity index (χ4n) is 2.90. The summed E-state index contributed by atoms with van der Waals surface area (Å²) in [5, 5.41) is 4.42. The molecule has 2 rings (SSSR count). The molecule has 0 aliphatic rings. The van der Waals surface area contributed by atoms with Crippen LogP contribution in [0.3, 0.4) is 0 Å². The van der Waals surface area contributed by atoms with Crippen LogP contribution in [0.25, 0.3) is 0 Å². The molecule has 0 aromatic heterocycles. The molecule has 0 saturated carbocycles. The van der Waals surface area contributed by atoms with Gasteiger partial charge in [0.05, 0.1) is 0 Å². The highest BCUT2D eigenvalue weighted by Gasteiger charge is 2.16. The standard InChI is InChI=1S/C19H24ClN/c1-5-21-19(18-11-16(20)10-9-15(18)4)12-17-13(2)7-6-8-14(17)3/h6-11,19,21H,5,12H2,1-4H3. The van der Waals surface area contributed by atoms with Gasteiger partial charge in [-0.1, -0.05) is 42.8 Å². The Hall–Kier alpha value is -1.31. The SMILES string of the molecule is CCNC(Cc1c(C)cccc1C)c1cc(Cl)ccc1C. The van der Waals surface area contributed by atoms with E-state index in [2.05, 4.69) is 63.3 Å². The van der Waals surface area contributed by atoms with Crippen molar-refractivity contribution in [3.63, 3.8) is 0 Å². The Morgan fingerprint density at radius 3 is 2.29 bits per heavy atom. The highest BCUT2D eigenvalue weighted by Crippen LogP contribution is 2.27. The van der Waals surface area contributed by atoms with E-state index >= 15 is 0 Å². The summed E-state index contributed by atoms with van der Waals surface area (Å²) in [7, 11) is 0. The van der Waals surface area contributed by atoms with Crippen LogP contribution in [0.1, 0.15) is 40.8 Å². The average molecular weight is 302 g/mol. The second-order valence-corrected chi connectivity index (χ2v) is 6.12. The van der Waals surface area contributed by atoms with Crippen LogP contribution in [0, 0.1) is 20.8 Å². The normalized spacial score (nSPS) is 12.4. The molecule has 112 valence electrons. The maximum absolute atomic E-state index is 6.20. The third kappa shape index (κ3) is 3.87. The van der Waals surface area contributed by atoms with Gasteiger partial charge >= 0.3 is 0 Å². The lowest BCUT2D eigenvalue weighted by Gasteiger charge is -2.23. The summed E-state index contributed by atoms with van der Waals surface area (Å²) in [6, 6.07) is 13.0. The minimum atomic E-state index is 0.300. The number of likely N-dealkylation sites (N-methyl/N-ethyl adjacent to an activating group) is 1. The fraction of sp³-hybridized carbons (Fsp3) is 0.368. The van der Waals surface area contributed by atoms with Crippen molar-refractivity contribution in [3.05, 3.63) is 69.2 Å². The topological polar surface area (TPSA) is 12.0 Å². The molecule has 0 aliphatic carbocycles. The van der Waals surface area contributed by atoms with E-state index in [9.17, 15) is 0 Å². The largest absolute Gasteiger partial charge is 0.310 e. The lowest BCUT2D eigenvalue weighted by atomic mass is 9.91. The van der Waals surface area contributed by atoms with Crippen LogP contribution < -0.4 is 5.32 Å². The second kappa shape index (κ2) is 7.11. The second-order valence-electron chi connectivity index (χ2n) is 5.69. The van der Waals surface area contributed by atoms with Crippen molar-refractivity contribution >= 4 is 11.6 Å². The van der Waals surface area contributed by atoms with Crippen LogP contribution in [0.2, 0.25) is 5.02 Å². The van der Waals surface area contributed by atoms with Crippen molar-refractivity contribution < 1.29 is 0 Å². The summed E-state index contributed by atoms with van der Waals surface area (Å²) in [4.78, 5) is 0. The predicted octanol–water partition coefficient (Wildman–Crippen LogP) is 5.16. The maximum atomic E-state index is 6.20. The fourth-order valence-corrected chi connectivity index (χ4v) is 3.08. The van der Waals surface area contributed by atoms with Crippen LogP contribution >= 0.6 is 11.6 Å². The summed E-state index contributed by atoms with van der Waals surface area (Å²) in [6.07, 6.45) is 0.994. The molecule has 0 amide bonds. The van der Waals surface area contributed by atoms with E-state index < -0.39 is 0 Å². The molecule has 2 aromatic rings. The maximum Gasteiger partial charge on any atom is 0.0409 e. The molecule has 0 bridgehead atoms. The number of benzene rings is 2. The first-order valence-electron chi connectivity index (χ1n) is 7.57. The van der Waals surface area contributed by atoms with Crippen LogP contribution in [0.5, 0.6) is 0 Å². The Bertz CT molecular complexity index is 599. The summed E-state index contributed by atoms with van der Waals surface area (Å²) in [5.74, 6) is 0. The van der Waals surface area contributed by atoms with Gasteiger partial charge in [0.2, 0.25) is 0 Å². The van der Waals surface area contributed by atoms with Gasteiger partial charge in [-0.05, 0) is 73.7 Å². The lowest BCUT2D eigenvalue weighted by Crippen LogP contribution is -2.24. The Morgan fingerprint density at radius 2 is 1.67 bits per heavy atom. The Kier molecular flexibility index (Phi) is 5.44. The van der Waals surface area contributed by atoms with Crippen molar-refractivity contribution in [1.82, 2.24) is 5.32 Å². The molecular weight excluding hydrogens is 278 g/mol. The van der Waals surface area contributed by atoms with Crippen molar-refractivity contribution in [1.29, 1.82) is 0 Å². The van der Waals surface area contributed by atoms with Gasteiger partial charge in [-0.2, -0.15) is 0 Å². The predicted molar refractivity (Wildman–Crippen MR) is 92.2 cm³/mol. The van der Waals surface area contributed by atoms with Crippen LogP contribution in [-0.2, 0) is 6.42 Å². The van der Waals surface area contributed by atoms with Gasteiger partial charge in [-0.15, -0.1) is 0 Å².